The summed E-state index contributed by atoms with van der Waals surface area (Å²) in [5.41, 5.74) is 1.68. The van der Waals surface area contributed by atoms with Gasteiger partial charge in [-0.2, -0.15) is 0 Å². The maximum Gasteiger partial charge on any atom is 0.163 e. The molecule has 0 amide bonds. The van der Waals surface area contributed by atoms with Crippen LogP contribution in [0.25, 0.3) is 0 Å². The molecule has 0 fully saturated rings. The lowest BCUT2D eigenvalue weighted by Gasteiger charge is -2.15. The molecule has 2 heteroatoms. The summed E-state index contributed by atoms with van der Waals surface area (Å²) < 4.78 is 5.77. The van der Waals surface area contributed by atoms with Gasteiger partial charge in [0.25, 0.3) is 0 Å². The van der Waals surface area contributed by atoms with Crippen molar-refractivity contribution >= 4 is 5.78 Å². The largest absolute Gasteiger partial charge is 0.492 e. The van der Waals surface area contributed by atoms with Gasteiger partial charge in [0.2, 0.25) is 0 Å². The van der Waals surface area contributed by atoms with Gasteiger partial charge >= 0.3 is 0 Å². The Hall–Kier alpha value is -1.57. The highest BCUT2D eigenvalue weighted by Crippen LogP contribution is 2.26. The molecule has 0 saturated carbocycles. The van der Waals surface area contributed by atoms with Gasteiger partial charge in [0, 0.05) is 0 Å². The number of hydrogen-bond donors (Lipinski definition) is 0. The van der Waals surface area contributed by atoms with Gasteiger partial charge in [0.15, 0.2) is 5.78 Å². The molecule has 0 spiro atoms. The highest BCUT2D eigenvalue weighted by molar-refractivity contribution is 5.97. The van der Waals surface area contributed by atoms with Crippen LogP contribution >= 0.6 is 0 Å². The van der Waals surface area contributed by atoms with Crippen LogP contribution < -0.4 is 4.74 Å². The van der Waals surface area contributed by atoms with Gasteiger partial charge < -0.3 is 4.74 Å². The van der Waals surface area contributed by atoms with Crippen molar-refractivity contribution in [3.8, 4) is 5.75 Å². The number of carbonyl (C=O) groups is 1. The van der Waals surface area contributed by atoms with E-state index in [1.807, 2.05) is 24.3 Å². The monoisotopic (exact) mass is 232 g/mol. The van der Waals surface area contributed by atoms with Crippen LogP contribution in [0.4, 0.5) is 0 Å². The normalized spacial score (nSPS) is 10.4. The molecule has 1 rings (SSSR count). The highest BCUT2D eigenvalue weighted by Gasteiger charge is 2.12. The molecule has 0 aliphatic carbocycles. The lowest BCUT2D eigenvalue weighted by atomic mass is 10.0. The van der Waals surface area contributed by atoms with E-state index in [0.717, 1.165) is 5.56 Å². The van der Waals surface area contributed by atoms with Crippen LogP contribution in [0.3, 0.4) is 0 Å². The number of carbonyl (C=O) groups excluding carboxylic acids is 1. The van der Waals surface area contributed by atoms with E-state index < -0.39 is 0 Å². The van der Waals surface area contributed by atoms with Crippen LogP contribution in [0.5, 0.6) is 5.75 Å². The topological polar surface area (TPSA) is 26.3 Å². The van der Waals surface area contributed by atoms with Gasteiger partial charge in [-0.05, 0) is 30.9 Å². The van der Waals surface area contributed by atoms with E-state index >= 15 is 0 Å². The first-order valence-electron chi connectivity index (χ1n) is 5.92. The number of rotatable bonds is 6. The maximum absolute atomic E-state index is 11.6. The zero-order valence-electron chi connectivity index (χ0n) is 10.8. The molecule has 17 heavy (non-hydrogen) atoms. The molecule has 0 unspecified atom stereocenters. The number of ketones is 1. The Bertz CT molecular complexity index is 405. The smallest absolute Gasteiger partial charge is 0.163 e. The quantitative estimate of drug-likeness (QED) is 0.552. The molecule has 0 radical (unpaired) electrons. The first-order chi connectivity index (χ1) is 8.06. The summed E-state index contributed by atoms with van der Waals surface area (Å²) in [5.74, 6) is 1.19. The molecule has 0 atom stereocenters. The number of allylic oxidation sites excluding steroid dienone is 1. The predicted octanol–water partition coefficient (Wildman–Crippen LogP) is 3.65. The summed E-state index contributed by atoms with van der Waals surface area (Å²) in [5, 5.41) is 0. The molecule has 0 saturated heterocycles. The van der Waals surface area contributed by atoms with Crippen molar-refractivity contribution < 1.29 is 9.53 Å². The van der Waals surface area contributed by atoms with Gasteiger partial charge in [0.05, 0.1) is 12.2 Å². The molecule has 0 bridgehead atoms. The number of para-hydroxylation sites is 1. The van der Waals surface area contributed by atoms with Crippen molar-refractivity contribution in [1.29, 1.82) is 0 Å². The van der Waals surface area contributed by atoms with Crippen LogP contribution in [-0.2, 0) is 6.42 Å². The van der Waals surface area contributed by atoms with Crippen molar-refractivity contribution in [2.45, 2.75) is 27.2 Å². The fourth-order valence-electron chi connectivity index (χ4n) is 1.60. The van der Waals surface area contributed by atoms with Gasteiger partial charge in [-0.1, -0.05) is 32.1 Å². The third-order valence-corrected chi connectivity index (χ3v) is 2.40. The van der Waals surface area contributed by atoms with Gasteiger partial charge in [-0.15, -0.1) is 6.58 Å². The fraction of sp³-hybridized carbons (Fsp3) is 0.400. The molecule has 0 N–H and O–H groups in total. The minimum absolute atomic E-state index is 0.0367. The molecule has 0 heterocycles. The average molecular weight is 232 g/mol. The Kier molecular flexibility index (Phi) is 4.95. The fourth-order valence-corrected chi connectivity index (χ4v) is 1.60. The van der Waals surface area contributed by atoms with E-state index in [0.29, 0.717) is 30.3 Å². The maximum atomic E-state index is 11.6. The van der Waals surface area contributed by atoms with Crippen LogP contribution in [0.1, 0.15) is 36.7 Å². The second-order valence-corrected chi connectivity index (χ2v) is 4.55. The van der Waals surface area contributed by atoms with E-state index in [1.165, 1.54) is 0 Å². The second kappa shape index (κ2) is 6.24. The van der Waals surface area contributed by atoms with E-state index in [1.54, 1.807) is 6.92 Å². The van der Waals surface area contributed by atoms with Crippen LogP contribution in [0, 0.1) is 5.92 Å². The molecule has 92 valence electrons. The third kappa shape index (κ3) is 3.74. The number of hydrogen-bond acceptors (Lipinski definition) is 2. The summed E-state index contributed by atoms with van der Waals surface area (Å²) in [6.45, 7) is 10.1. The van der Waals surface area contributed by atoms with Crippen LogP contribution in [0.15, 0.2) is 30.9 Å². The Balaban J connectivity index is 3.08. The standard InChI is InChI=1S/C15H20O2/c1-5-7-13-8-6-9-14(12(4)16)15(13)17-10-11(2)3/h5-6,8-9,11H,1,7,10H2,2-4H3. The SMILES string of the molecule is C=CCc1cccc(C(C)=O)c1OCC(C)C. The summed E-state index contributed by atoms with van der Waals surface area (Å²) in [4.78, 5) is 11.6. The number of benzene rings is 1. The minimum Gasteiger partial charge on any atom is -0.492 e. The molecule has 1 aromatic carbocycles. The van der Waals surface area contributed by atoms with E-state index in [-0.39, 0.29) is 5.78 Å². The van der Waals surface area contributed by atoms with E-state index in [9.17, 15) is 4.79 Å². The molecule has 0 aliphatic rings. The summed E-state index contributed by atoms with van der Waals surface area (Å²) >= 11 is 0. The Morgan fingerprint density at radius 2 is 2.18 bits per heavy atom. The zero-order valence-corrected chi connectivity index (χ0v) is 10.8. The summed E-state index contributed by atoms with van der Waals surface area (Å²) in [6, 6.07) is 5.67. The van der Waals surface area contributed by atoms with Crippen molar-refractivity contribution in [1.82, 2.24) is 0 Å². The van der Waals surface area contributed by atoms with Crippen molar-refractivity contribution in [2.24, 2.45) is 5.92 Å². The second-order valence-electron chi connectivity index (χ2n) is 4.55. The molecule has 0 aliphatic heterocycles. The summed E-state index contributed by atoms with van der Waals surface area (Å²) in [6.07, 6.45) is 2.54. The Morgan fingerprint density at radius 1 is 1.47 bits per heavy atom. The van der Waals surface area contributed by atoms with E-state index in [4.69, 9.17) is 4.74 Å². The van der Waals surface area contributed by atoms with Crippen LogP contribution in [-0.4, -0.2) is 12.4 Å². The highest BCUT2D eigenvalue weighted by atomic mass is 16.5. The average Bonchev–Trinajstić information content (AvgIpc) is 2.27. The van der Waals surface area contributed by atoms with Gasteiger partial charge in [-0.25, -0.2) is 0 Å². The third-order valence-electron chi connectivity index (χ3n) is 2.40. The minimum atomic E-state index is 0.0367. The molecule has 2 nitrogen and oxygen atoms in total. The van der Waals surface area contributed by atoms with Crippen molar-refractivity contribution in [3.63, 3.8) is 0 Å². The Morgan fingerprint density at radius 3 is 2.71 bits per heavy atom. The number of Topliss-reactive ketones (excluding diaryl/α,β-unsaturated/α-hetero) is 1. The van der Waals surface area contributed by atoms with E-state index in [2.05, 4.69) is 20.4 Å². The van der Waals surface area contributed by atoms with Crippen molar-refractivity contribution in [2.75, 3.05) is 6.61 Å². The predicted molar refractivity (Wildman–Crippen MR) is 70.7 cm³/mol. The molecular formula is C15H20O2. The zero-order chi connectivity index (χ0) is 12.8. The van der Waals surface area contributed by atoms with Crippen LogP contribution in [0.2, 0.25) is 0 Å². The molecule has 0 aromatic heterocycles. The van der Waals surface area contributed by atoms with Gasteiger partial charge in [-0.3, -0.25) is 4.79 Å². The molecular weight excluding hydrogens is 212 g/mol. The van der Waals surface area contributed by atoms with Gasteiger partial charge in [0.1, 0.15) is 5.75 Å². The Labute approximate surface area is 103 Å². The number of ether oxygens (including phenoxy) is 1. The lowest BCUT2D eigenvalue weighted by Crippen LogP contribution is -2.09. The first-order valence-corrected chi connectivity index (χ1v) is 5.92. The first kappa shape index (κ1) is 13.5. The molecule has 1 aromatic rings. The summed E-state index contributed by atoms with van der Waals surface area (Å²) in [7, 11) is 0. The van der Waals surface area contributed by atoms with Crippen molar-refractivity contribution in [3.05, 3.63) is 42.0 Å². The lowest BCUT2D eigenvalue weighted by molar-refractivity contribution is 0.101.